The quantitative estimate of drug-likeness (QED) is 0.702. The lowest BCUT2D eigenvalue weighted by atomic mass is 10.0. The van der Waals surface area contributed by atoms with Gasteiger partial charge in [0.15, 0.2) is 11.5 Å². The smallest absolute Gasteiger partial charge is 0.161 e. The number of aliphatic hydroxyl groups is 1. The molecule has 1 heterocycles. The number of hydrogen-bond acceptors (Lipinski definition) is 5. The van der Waals surface area contributed by atoms with Gasteiger partial charge in [0.2, 0.25) is 0 Å². The molecular weight excluding hydrogens is 306 g/mol. The van der Waals surface area contributed by atoms with Crippen LogP contribution in [0.1, 0.15) is 31.7 Å². The predicted molar refractivity (Wildman–Crippen MR) is 94.9 cm³/mol. The Balaban J connectivity index is 1.86. The van der Waals surface area contributed by atoms with Crippen LogP contribution >= 0.6 is 0 Å². The summed E-state index contributed by atoms with van der Waals surface area (Å²) >= 11 is 0. The molecule has 1 aliphatic heterocycles. The van der Waals surface area contributed by atoms with E-state index >= 15 is 0 Å². The fourth-order valence-electron chi connectivity index (χ4n) is 3.02. The van der Waals surface area contributed by atoms with Crippen molar-refractivity contribution < 1.29 is 19.3 Å². The molecule has 2 atom stereocenters. The number of likely N-dealkylation sites (tertiary alicyclic amines) is 1. The lowest BCUT2D eigenvalue weighted by Gasteiger charge is -2.34. The topological polar surface area (TPSA) is 51.2 Å². The second-order valence-corrected chi connectivity index (χ2v) is 6.60. The number of rotatable bonds is 9. The number of aryl methyl sites for hydroxylation is 1. The maximum Gasteiger partial charge on any atom is 0.161 e. The van der Waals surface area contributed by atoms with Gasteiger partial charge in [-0.3, -0.25) is 4.90 Å². The molecule has 24 heavy (non-hydrogen) atoms. The molecule has 2 rings (SSSR count). The van der Waals surface area contributed by atoms with Gasteiger partial charge in [-0.05, 0) is 50.9 Å². The first kappa shape index (κ1) is 19.0. The molecule has 0 spiro atoms. The number of piperidine rings is 1. The second-order valence-electron chi connectivity index (χ2n) is 6.60. The van der Waals surface area contributed by atoms with Crippen LogP contribution in [0, 0.1) is 6.92 Å². The zero-order valence-corrected chi connectivity index (χ0v) is 15.2. The highest BCUT2D eigenvalue weighted by Crippen LogP contribution is 2.28. The minimum Gasteiger partial charge on any atom is -0.487 e. The molecule has 0 aromatic heterocycles. The van der Waals surface area contributed by atoms with E-state index in [2.05, 4.69) is 11.8 Å². The molecule has 1 aliphatic rings. The Kier molecular flexibility index (Phi) is 7.82. The van der Waals surface area contributed by atoms with Gasteiger partial charge in [-0.1, -0.05) is 12.5 Å². The van der Waals surface area contributed by atoms with E-state index in [0.29, 0.717) is 37.3 Å². The fourth-order valence-corrected chi connectivity index (χ4v) is 3.02. The first-order valence-corrected chi connectivity index (χ1v) is 8.87. The maximum absolute atomic E-state index is 10.3. The molecule has 1 aromatic rings. The van der Waals surface area contributed by atoms with Crippen molar-refractivity contribution in [3.8, 4) is 11.5 Å². The van der Waals surface area contributed by atoms with Gasteiger partial charge >= 0.3 is 0 Å². The Morgan fingerprint density at radius 1 is 1.21 bits per heavy atom. The first-order chi connectivity index (χ1) is 11.6. The van der Waals surface area contributed by atoms with E-state index in [0.717, 1.165) is 12.1 Å². The van der Waals surface area contributed by atoms with E-state index in [1.807, 2.05) is 25.1 Å². The summed E-state index contributed by atoms with van der Waals surface area (Å²) in [5.74, 6) is 1.37. The summed E-state index contributed by atoms with van der Waals surface area (Å²) in [5, 5.41) is 10.3. The number of ether oxygens (including phenoxy) is 3. The normalized spacial score (nSPS) is 19.9. The van der Waals surface area contributed by atoms with E-state index in [4.69, 9.17) is 14.2 Å². The fraction of sp³-hybridized carbons (Fsp3) is 0.684. The highest BCUT2D eigenvalue weighted by Gasteiger charge is 2.21. The lowest BCUT2D eigenvalue weighted by molar-refractivity contribution is 0.0427. The van der Waals surface area contributed by atoms with Crippen molar-refractivity contribution in [3.05, 3.63) is 23.8 Å². The predicted octanol–water partition coefficient (Wildman–Crippen LogP) is 2.63. The van der Waals surface area contributed by atoms with Gasteiger partial charge in [0.05, 0.1) is 6.61 Å². The number of aliphatic hydroxyl groups excluding tert-OH is 1. The average molecular weight is 337 g/mol. The molecule has 0 saturated carbocycles. The molecule has 0 bridgehead atoms. The van der Waals surface area contributed by atoms with Gasteiger partial charge in [-0.2, -0.15) is 0 Å². The van der Waals surface area contributed by atoms with Crippen molar-refractivity contribution in [2.45, 2.75) is 45.3 Å². The van der Waals surface area contributed by atoms with E-state index in [1.54, 1.807) is 7.11 Å². The van der Waals surface area contributed by atoms with Gasteiger partial charge in [-0.25, -0.2) is 0 Å². The van der Waals surface area contributed by atoms with Gasteiger partial charge in [-0.15, -0.1) is 0 Å². The first-order valence-electron chi connectivity index (χ1n) is 8.87. The van der Waals surface area contributed by atoms with E-state index in [9.17, 15) is 5.11 Å². The van der Waals surface area contributed by atoms with Crippen LogP contribution in [0.15, 0.2) is 18.2 Å². The lowest BCUT2D eigenvalue weighted by Crippen LogP contribution is -2.43. The molecule has 2 unspecified atom stereocenters. The van der Waals surface area contributed by atoms with E-state index in [1.165, 1.54) is 19.3 Å². The molecule has 1 fully saturated rings. The summed E-state index contributed by atoms with van der Waals surface area (Å²) in [6, 6.07) is 6.37. The molecule has 1 aromatic carbocycles. The number of benzene rings is 1. The summed E-state index contributed by atoms with van der Waals surface area (Å²) in [6.45, 7) is 7.24. The third-order valence-corrected chi connectivity index (χ3v) is 4.46. The highest BCUT2D eigenvalue weighted by atomic mass is 16.5. The summed E-state index contributed by atoms with van der Waals surface area (Å²) < 4.78 is 16.5. The molecule has 0 aliphatic carbocycles. The van der Waals surface area contributed by atoms with Crippen LogP contribution in [0.3, 0.4) is 0 Å². The summed E-state index contributed by atoms with van der Waals surface area (Å²) in [6.07, 6.45) is 3.21. The molecular formula is C19H31NO4. The molecule has 0 radical (unpaired) electrons. The van der Waals surface area contributed by atoms with Gasteiger partial charge in [0.25, 0.3) is 0 Å². The van der Waals surface area contributed by atoms with Gasteiger partial charge in [0, 0.05) is 19.7 Å². The summed E-state index contributed by atoms with van der Waals surface area (Å²) in [5.41, 5.74) is 1.10. The van der Waals surface area contributed by atoms with Gasteiger partial charge in [0.1, 0.15) is 19.3 Å². The van der Waals surface area contributed by atoms with Crippen molar-refractivity contribution in [3.63, 3.8) is 0 Å². The zero-order chi connectivity index (χ0) is 17.4. The Morgan fingerprint density at radius 3 is 2.79 bits per heavy atom. The van der Waals surface area contributed by atoms with Crippen LogP contribution in [0.5, 0.6) is 11.5 Å². The summed E-state index contributed by atoms with van der Waals surface area (Å²) in [7, 11) is 1.65. The third kappa shape index (κ3) is 5.96. The number of methoxy groups -OCH3 is 1. The van der Waals surface area contributed by atoms with Crippen LogP contribution in [0.4, 0.5) is 0 Å². The average Bonchev–Trinajstić information content (AvgIpc) is 2.57. The summed E-state index contributed by atoms with van der Waals surface area (Å²) in [4.78, 5) is 2.35. The Bertz CT molecular complexity index is 494. The van der Waals surface area contributed by atoms with E-state index < -0.39 is 6.10 Å². The van der Waals surface area contributed by atoms with Crippen molar-refractivity contribution >= 4 is 0 Å². The molecule has 5 nitrogen and oxygen atoms in total. The van der Waals surface area contributed by atoms with Crippen molar-refractivity contribution in [2.75, 3.05) is 40.0 Å². The number of nitrogens with zero attached hydrogens (tertiary/aromatic N) is 1. The third-order valence-electron chi connectivity index (χ3n) is 4.46. The van der Waals surface area contributed by atoms with Crippen LogP contribution in [0.25, 0.3) is 0 Å². The van der Waals surface area contributed by atoms with E-state index in [-0.39, 0.29) is 6.61 Å². The number of β-amino-alcohol motifs (C(OH)–C–C–N with tert-alkyl or cyclic N) is 1. The van der Waals surface area contributed by atoms with Gasteiger partial charge < -0.3 is 19.3 Å². The maximum atomic E-state index is 10.3. The monoisotopic (exact) mass is 337 g/mol. The Labute approximate surface area is 145 Å². The van der Waals surface area contributed by atoms with Crippen LogP contribution in [-0.4, -0.2) is 62.2 Å². The molecule has 5 heteroatoms. The van der Waals surface area contributed by atoms with Crippen molar-refractivity contribution in [2.24, 2.45) is 0 Å². The highest BCUT2D eigenvalue weighted by molar-refractivity contribution is 5.42. The zero-order valence-electron chi connectivity index (χ0n) is 15.2. The van der Waals surface area contributed by atoms with Crippen LogP contribution < -0.4 is 9.47 Å². The Hall–Kier alpha value is -1.30. The minimum absolute atomic E-state index is 0.271. The largest absolute Gasteiger partial charge is 0.487 e. The van der Waals surface area contributed by atoms with Crippen molar-refractivity contribution in [1.82, 2.24) is 4.90 Å². The molecule has 0 amide bonds. The minimum atomic E-state index is -0.502. The van der Waals surface area contributed by atoms with Crippen LogP contribution in [0.2, 0.25) is 0 Å². The molecule has 136 valence electrons. The van der Waals surface area contributed by atoms with Crippen LogP contribution in [-0.2, 0) is 4.74 Å². The SMILES string of the molecule is COCCOc1ccc(C)cc1OCC(O)CN1CCCCC1C. The number of hydrogen-bond donors (Lipinski definition) is 1. The Morgan fingerprint density at radius 2 is 2.04 bits per heavy atom. The van der Waals surface area contributed by atoms with Crippen molar-refractivity contribution in [1.29, 1.82) is 0 Å². The standard InChI is InChI=1S/C19H31NO4/c1-15-7-8-18(23-11-10-22-3)19(12-15)24-14-17(21)13-20-9-5-4-6-16(20)2/h7-8,12,16-17,21H,4-6,9-11,13-14H2,1-3H3. The second kappa shape index (κ2) is 9.87. The molecule has 1 saturated heterocycles. The molecule has 1 N–H and O–H groups in total.